The lowest BCUT2D eigenvalue weighted by Crippen LogP contribution is -3.19. The van der Waals surface area contributed by atoms with Crippen LogP contribution >= 0.6 is 0 Å². The predicted molar refractivity (Wildman–Crippen MR) is 108 cm³/mol. The highest BCUT2D eigenvalue weighted by molar-refractivity contribution is 6.21. The van der Waals surface area contributed by atoms with Gasteiger partial charge in [-0.2, -0.15) is 0 Å². The first-order chi connectivity index (χ1) is 13.7. The van der Waals surface area contributed by atoms with Crippen LogP contribution in [0.3, 0.4) is 0 Å². The van der Waals surface area contributed by atoms with Crippen molar-refractivity contribution in [2.75, 3.05) is 42.6 Å². The fraction of sp³-hybridized carbons (Fsp3) is 0.364. The fourth-order valence-corrected chi connectivity index (χ4v) is 4.18. The van der Waals surface area contributed by atoms with Gasteiger partial charge in [0, 0.05) is 0 Å². The van der Waals surface area contributed by atoms with Gasteiger partial charge in [-0.3, -0.25) is 9.59 Å². The van der Waals surface area contributed by atoms with Crippen molar-refractivity contribution in [2.45, 2.75) is 19.4 Å². The second-order valence-electron chi connectivity index (χ2n) is 7.21. The van der Waals surface area contributed by atoms with E-state index in [2.05, 4.69) is 11.0 Å². The molecule has 2 fully saturated rings. The Balaban J connectivity index is 1.43. The van der Waals surface area contributed by atoms with Gasteiger partial charge in [-0.15, -0.1) is 0 Å². The second-order valence-corrected chi connectivity index (χ2v) is 7.21. The summed E-state index contributed by atoms with van der Waals surface area (Å²) in [6.07, 6.45) is 0.290. The number of ether oxygens (including phenoxy) is 1. The van der Waals surface area contributed by atoms with Crippen molar-refractivity contribution < 1.29 is 19.2 Å². The lowest BCUT2D eigenvalue weighted by atomic mass is 10.1. The summed E-state index contributed by atoms with van der Waals surface area (Å²) in [7, 11) is 0. The molecule has 6 heteroatoms. The predicted octanol–water partition coefficient (Wildman–Crippen LogP) is 1.12. The third-order valence-electron chi connectivity index (χ3n) is 5.57. The maximum atomic E-state index is 13.0. The minimum absolute atomic E-state index is 0.0747. The normalized spacial score (nSPS) is 20.7. The molecular formula is C22H26N3O3+. The van der Waals surface area contributed by atoms with E-state index in [-0.39, 0.29) is 17.9 Å². The van der Waals surface area contributed by atoms with Gasteiger partial charge in [-0.25, -0.2) is 4.90 Å². The van der Waals surface area contributed by atoms with Crippen LogP contribution in [-0.4, -0.2) is 50.6 Å². The standard InChI is InChI=1S/C22H25N3O3/c1-2-28-20-11-7-6-10-18(20)23-12-14-24(15-13-23)19-16-21(26)25(22(19)27)17-8-4-3-5-9-17/h3-11,19H,2,12-16H2,1H3/p+1/t19-/m0/s1. The van der Waals surface area contributed by atoms with E-state index in [4.69, 9.17) is 4.74 Å². The Kier molecular flexibility index (Phi) is 5.30. The molecule has 1 atom stereocenters. The minimum atomic E-state index is -0.281. The molecule has 2 aliphatic rings. The molecule has 0 bridgehead atoms. The number of nitrogens with one attached hydrogen (secondary N) is 1. The number of carbonyl (C=O) groups is 2. The minimum Gasteiger partial charge on any atom is -0.492 e. The van der Waals surface area contributed by atoms with Crippen LogP contribution in [0.5, 0.6) is 5.75 Å². The van der Waals surface area contributed by atoms with Gasteiger partial charge >= 0.3 is 0 Å². The number of rotatable bonds is 5. The zero-order valence-electron chi connectivity index (χ0n) is 16.1. The summed E-state index contributed by atoms with van der Waals surface area (Å²) in [4.78, 5) is 30.3. The number of para-hydroxylation sites is 3. The molecule has 2 heterocycles. The summed E-state index contributed by atoms with van der Waals surface area (Å²) < 4.78 is 5.76. The number of hydrogen-bond donors (Lipinski definition) is 1. The summed E-state index contributed by atoms with van der Waals surface area (Å²) in [6.45, 7) is 5.95. The second kappa shape index (κ2) is 8.02. The molecule has 4 rings (SSSR count). The van der Waals surface area contributed by atoms with Crippen molar-refractivity contribution in [3.05, 3.63) is 54.6 Å². The van der Waals surface area contributed by atoms with Gasteiger partial charge in [0.1, 0.15) is 5.75 Å². The molecule has 0 radical (unpaired) electrons. The van der Waals surface area contributed by atoms with Crippen molar-refractivity contribution in [1.82, 2.24) is 0 Å². The van der Waals surface area contributed by atoms with E-state index in [1.165, 1.54) is 9.80 Å². The molecule has 0 saturated carbocycles. The summed E-state index contributed by atoms with van der Waals surface area (Å²) in [5, 5.41) is 0. The summed E-state index contributed by atoms with van der Waals surface area (Å²) in [5.74, 6) is 0.725. The Morgan fingerprint density at radius 2 is 1.68 bits per heavy atom. The summed E-state index contributed by atoms with van der Waals surface area (Å²) in [6, 6.07) is 17.0. The molecule has 0 aromatic heterocycles. The zero-order chi connectivity index (χ0) is 19.5. The van der Waals surface area contributed by atoms with Crippen LogP contribution in [0.2, 0.25) is 0 Å². The lowest BCUT2D eigenvalue weighted by Gasteiger charge is -2.36. The molecule has 28 heavy (non-hydrogen) atoms. The first-order valence-corrected chi connectivity index (χ1v) is 9.92. The molecule has 146 valence electrons. The first kappa shape index (κ1) is 18.5. The molecule has 2 amide bonds. The number of benzene rings is 2. The first-order valence-electron chi connectivity index (χ1n) is 9.92. The molecule has 2 aliphatic heterocycles. The van der Waals surface area contributed by atoms with Crippen molar-refractivity contribution >= 4 is 23.2 Å². The van der Waals surface area contributed by atoms with Gasteiger partial charge < -0.3 is 14.5 Å². The Morgan fingerprint density at radius 1 is 1.00 bits per heavy atom. The highest BCUT2D eigenvalue weighted by atomic mass is 16.5. The van der Waals surface area contributed by atoms with Crippen molar-refractivity contribution in [3.8, 4) is 5.75 Å². The largest absolute Gasteiger partial charge is 0.492 e. The number of hydrogen-bond acceptors (Lipinski definition) is 4. The Bertz CT molecular complexity index is 847. The summed E-state index contributed by atoms with van der Waals surface area (Å²) >= 11 is 0. The van der Waals surface area contributed by atoms with Crippen LogP contribution in [0, 0.1) is 0 Å². The number of imide groups is 1. The molecule has 0 aliphatic carbocycles. The Labute approximate surface area is 165 Å². The fourth-order valence-electron chi connectivity index (χ4n) is 4.18. The molecule has 6 nitrogen and oxygen atoms in total. The van der Waals surface area contributed by atoms with Gasteiger partial charge in [0.2, 0.25) is 5.91 Å². The monoisotopic (exact) mass is 380 g/mol. The third-order valence-corrected chi connectivity index (χ3v) is 5.57. The SMILES string of the molecule is CCOc1ccccc1N1CC[NH+]([C@H]2CC(=O)N(c3ccccc3)C2=O)CC1. The van der Waals surface area contributed by atoms with Gasteiger partial charge in [-0.1, -0.05) is 30.3 Å². The average Bonchev–Trinajstić information content (AvgIpc) is 3.03. The highest BCUT2D eigenvalue weighted by Gasteiger charge is 2.46. The number of anilines is 2. The molecule has 2 aromatic rings. The molecule has 2 saturated heterocycles. The van der Waals surface area contributed by atoms with Crippen LogP contribution in [0.1, 0.15) is 13.3 Å². The van der Waals surface area contributed by atoms with Crippen LogP contribution in [0.25, 0.3) is 0 Å². The number of nitrogens with zero attached hydrogens (tertiary/aromatic N) is 2. The van der Waals surface area contributed by atoms with E-state index in [1.807, 2.05) is 55.5 Å². The van der Waals surface area contributed by atoms with E-state index in [0.29, 0.717) is 18.7 Å². The van der Waals surface area contributed by atoms with Crippen LogP contribution in [0.15, 0.2) is 54.6 Å². The zero-order valence-corrected chi connectivity index (χ0v) is 16.1. The molecule has 0 spiro atoms. The van der Waals surface area contributed by atoms with E-state index < -0.39 is 0 Å². The van der Waals surface area contributed by atoms with Crippen LogP contribution in [-0.2, 0) is 9.59 Å². The highest BCUT2D eigenvalue weighted by Crippen LogP contribution is 2.28. The van der Waals surface area contributed by atoms with Gasteiger partial charge in [0.25, 0.3) is 5.91 Å². The topological polar surface area (TPSA) is 54.3 Å². The molecule has 1 N–H and O–H groups in total. The number of carbonyl (C=O) groups excluding carboxylic acids is 2. The van der Waals surface area contributed by atoms with Crippen molar-refractivity contribution in [2.24, 2.45) is 0 Å². The van der Waals surface area contributed by atoms with Crippen molar-refractivity contribution in [1.29, 1.82) is 0 Å². The van der Waals surface area contributed by atoms with Crippen LogP contribution in [0.4, 0.5) is 11.4 Å². The smallest absolute Gasteiger partial charge is 0.292 e. The quantitative estimate of drug-likeness (QED) is 0.790. The maximum absolute atomic E-state index is 13.0. The van der Waals surface area contributed by atoms with E-state index in [9.17, 15) is 9.59 Å². The van der Waals surface area contributed by atoms with E-state index in [0.717, 1.165) is 37.6 Å². The third kappa shape index (κ3) is 3.47. The maximum Gasteiger partial charge on any atom is 0.292 e. The van der Waals surface area contributed by atoms with Gasteiger partial charge in [-0.05, 0) is 31.2 Å². The Morgan fingerprint density at radius 3 is 2.39 bits per heavy atom. The summed E-state index contributed by atoms with van der Waals surface area (Å²) in [5.41, 5.74) is 1.77. The van der Waals surface area contributed by atoms with Gasteiger partial charge in [0.05, 0.1) is 50.6 Å². The lowest BCUT2D eigenvalue weighted by molar-refractivity contribution is -0.915. The van der Waals surface area contributed by atoms with E-state index in [1.54, 1.807) is 0 Å². The number of amides is 2. The molecule has 2 aromatic carbocycles. The molecular weight excluding hydrogens is 354 g/mol. The van der Waals surface area contributed by atoms with Gasteiger partial charge in [0.15, 0.2) is 6.04 Å². The molecule has 0 unspecified atom stereocenters. The number of piperazine rings is 1. The Hall–Kier alpha value is -2.86. The number of quaternary nitrogens is 1. The van der Waals surface area contributed by atoms with E-state index >= 15 is 0 Å². The van der Waals surface area contributed by atoms with Crippen LogP contribution < -0.4 is 19.4 Å². The average molecular weight is 380 g/mol. The van der Waals surface area contributed by atoms with Crippen molar-refractivity contribution in [3.63, 3.8) is 0 Å².